The van der Waals surface area contributed by atoms with Gasteiger partial charge in [-0.25, -0.2) is 0 Å². The molecule has 2 aliphatic heterocycles. The largest absolute Gasteiger partial charge is 0.416 e. The monoisotopic (exact) mass is 647 g/mol. The van der Waals surface area contributed by atoms with Gasteiger partial charge in [0.15, 0.2) is 5.71 Å². The molecule has 4 aromatic rings. The van der Waals surface area contributed by atoms with Crippen LogP contribution in [-0.2, 0) is 23.4 Å². The molecule has 1 aliphatic carbocycles. The van der Waals surface area contributed by atoms with Gasteiger partial charge in [-0.1, -0.05) is 99.8 Å². The standard InChI is InChI=1S/C43H46F3N2/c1-30(2)25-28-48-37-16-9-8-15-35(37)41(3,29-31-19-22-33(23-20-31)43(44,45)46)38(48)17-12-18-39-42(26-10-5-11-27-42)36-24-21-32-13-6-7-14-34(32)40(36)47(39)4/h6-9,12-24,30H,5,10-11,25-29H2,1-4H3/q+1. The van der Waals surface area contributed by atoms with Gasteiger partial charge in [-0.3, -0.25) is 0 Å². The summed E-state index contributed by atoms with van der Waals surface area (Å²) in [6.45, 7) is 7.65. The van der Waals surface area contributed by atoms with Crippen LogP contribution in [0.3, 0.4) is 0 Å². The molecule has 5 heteroatoms. The van der Waals surface area contributed by atoms with Gasteiger partial charge in [-0.05, 0) is 85.4 Å². The minimum Gasteiger partial charge on any atom is -0.344 e. The van der Waals surface area contributed by atoms with E-state index in [1.807, 2.05) is 0 Å². The van der Waals surface area contributed by atoms with E-state index in [0.29, 0.717) is 12.3 Å². The van der Waals surface area contributed by atoms with Crippen LogP contribution in [0.5, 0.6) is 0 Å². The molecule has 4 aromatic carbocycles. The van der Waals surface area contributed by atoms with Gasteiger partial charge in [0.2, 0.25) is 5.69 Å². The Morgan fingerprint density at radius 1 is 0.854 bits per heavy atom. The zero-order valence-electron chi connectivity index (χ0n) is 28.6. The van der Waals surface area contributed by atoms with Crippen LogP contribution in [0.15, 0.2) is 109 Å². The van der Waals surface area contributed by atoms with Crippen LogP contribution in [0.4, 0.5) is 24.5 Å². The van der Waals surface area contributed by atoms with Crippen LogP contribution in [0.2, 0.25) is 0 Å². The third-order valence-electron chi connectivity index (χ3n) is 11.2. The highest BCUT2D eigenvalue weighted by Gasteiger charge is 2.51. The van der Waals surface area contributed by atoms with Gasteiger partial charge in [-0.2, -0.15) is 17.7 Å². The molecule has 3 aliphatic rings. The van der Waals surface area contributed by atoms with Crippen molar-refractivity contribution < 1.29 is 17.7 Å². The van der Waals surface area contributed by atoms with Gasteiger partial charge in [0.25, 0.3) is 0 Å². The molecule has 2 heterocycles. The van der Waals surface area contributed by atoms with E-state index in [-0.39, 0.29) is 5.41 Å². The quantitative estimate of drug-likeness (QED) is 0.181. The first kappa shape index (κ1) is 32.4. The molecule has 0 amide bonds. The van der Waals surface area contributed by atoms with Crippen molar-refractivity contribution in [2.75, 3.05) is 18.5 Å². The second kappa shape index (κ2) is 12.4. The number of fused-ring (bicyclic) bond motifs is 5. The SMILES string of the molecule is CC(C)CCN1/C(=C\C=C\C2=[N+](C)c3c(ccc4ccccc34)C23CCCCC3)C(C)(Cc2ccc(C(F)(F)F)cc2)c2ccccc21. The van der Waals surface area contributed by atoms with Crippen LogP contribution in [0.1, 0.15) is 81.5 Å². The number of para-hydroxylation sites is 1. The maximum Gasteiger partial charge on any atom is 0.416 e. The summed E-state index contributed by atoms with van der Waals surface area (Å²) in [7, 11) is 2.23. The lowest BCUT2D eigenvalue weighted by Gasteiger charge is -2.32. The highest BCUT2D eigenvalue weighted by Crippen LogP contribution is 2.52. The summed E-state index contributed by atoms with van der Waals surface area (Å²) in [5.41, 5.74) is 7.64. The zero-order valence-corrected chi connectivity index (χ0v) is 28.6. The van der Waals surface area contributed by atoms with Crippen molar-refractivity contribution in [3.63, 3.8) is 0 Å². The molecule has 0 aromatic heterocycles. The molecule has 2 nitrogen and oxygen atoms in total. The summed E-state index contributed by atoms with van der Waals surface area (Å²) < 4.78 is 42.7. The van der Waals surface area contributed by atoms with Gasteiger partial charge < -0.3 is 4.90 Å². The van der Waals surface area contributed by atoms with E-state index < -0.39 is 17.2 Å². The van der Waals surface area contributed by atoms with Crippen molar-refractivity contribution in [2.24, 2.45) is 5.92 Å². The van der Waals surface area contributed by atoms with Gasteiger partial charge >= 0.3 is 6.18 Å². The number of alkyl halides is 3. The molecule has 0 radical (unpaired) electrons. The van der Waals surface area contributed by atoms with Crippen LogP contribution >= 0.6 is 0 Å². The molecule has 1 fully saturated rings. The van der Waals surface area contributed by atoms with Crippen LogP contribution in [-0.4, -0.2) is 23.9 Å². The van der Waals surface area contributed by atoms with Crippen molar-refractivity contribution in [3.8, 4) is 0 Å². The molecule has 7 rings (SSSR count). The molecule has 0 saturated heterocycles. The van der Waals surface area contributed by atoms with Gasteiger partial charge in [-0.15, -0.1) is 0 Å². The number of benzene rings is 4. The third-order valence-corrected chi connectivity index (χ3v) is 11.2. The Morgan fingerprint density at radius 2 is 1.56 bits per heavy atom. The summed E-state index contributed by atoms with van der Waals surface area (Å²) in [5.74, 6) is 0.540. The zero-order chi connectivity index (χ0) is 33.7. The molecular weight excluding hydrogens is 601 g/mol. The van der Waals surface area contributed by atoms with Gasteiger partial charge in [0.05, 0.1) is 16.4 Å². The molecule has 1 saturated carbocycles. The van der Waals surface area contributed by atoms with E-state index in [9.17, 15) is 13.2 Å². The summed E-state index contributed by atoms with van der Waals surface area (Å²) in [5, 5.41) is 2.57. The minimum atomic E-state index is -4.35. The average molecular weight is 648 g/mol. The van der Waals surface area contributed by atoms with Crippen LogP contribution < -0.4 is 4.90 Å². The smallest absolute Gasteiger partial charge is 0.344 e. The first-order chi connectivity index (χ1) is 23.0. The summed E-state index contributed by atoms with van der Waals surface area (Å²) >= 11 is 0. The van der Waals surface area contributed by atoms with Crippen molar-refractivity contribution in [2.45, 2.75) is 82.7 Å². The molecule has 0 N–H and O–H groups in total. The van der Waals surface area contributed by atoms with E-state index in [4.69, 9.17) is 0 Å². The number of rotatable bonds is 7. The Labute approximate surface area is 283 Å². The molecule has 1 spiro atoms. The summed E-state index contributed by atoms with van der Waals surface area (Å²) in [4.78, 5) is 2.46. The molecule has 1 atom stereocenters. The molecule has 48 heavy (non-hydrogen) atoms. The lowest BCUT2D eigenvalue weighted by Crippen LogP contribution is -2.36. The lowest BCUT2D eigenvalue weighted by molar-refractivity contribution is -0.400. The fourth-order valence-electron chi connectivity index (χ4n) is 8.81. The highest BCUT2D eigenvalue weighted by atomic mass is 19.4. The predicted octanol–water partition coefficient (Wildman–Crippen LogP) is 11.3. The number of hydrogen-bond donors (Lipinski definition) is 0. The van der Waals surface area contributed by atoms with E-state index in [1.165, 1.54) is 76.1 Å². The number of nitrogens with zero attached hydrogens (tertiary/aromatic N) is 2. The second-order valence-corrected chi connectivity index (χ2v) is 14.7. The molecular formula is C43H46F3N2+. The summed E-state index contributed by atoms with van der Waals surface area (Å²) in [6, 6.07) is 27.7. The van der Waals surface area contributed by atoms with Crippen molar-refractivity contribution >= 4 is 27.9 Å². The van der Waals surface area contributed by atoms with E-state index in [2.05, 4.69) is 116 Å². The molecule has 248 valence electrons. The Bertz CT molecular complexity index is 1920. The number of hydrogen-bond acceptors (Lipinski definition) is 1. The fraction of sp³-hybridized carbons (Fsp3) is 0.372. The van der Waals surface area contributed by atoms with E-state index in [1.54, 1.807) is 12.1 Å². The Balaban J connectivity index is 1.33. The Kier molecular flexibility index (Phi) is 8.38. The van der Waals surface area contributed by atoms with Crippen molar-refractivity contribution in [1.82, 2.24) is 0 Å². The van der Waals surface area contributed by atoms with Gasteiger partial charge in [0, 0.05) is 35.0 Å². The lowest BCUT2D eigenvalue weighted by atomic mass is 9.67. The number of allylic oxidation sites excluding steroid dienone is 4. The predicted molar refractivity (Wildman–Crippen MR) is 193 cm³/mol. The maximum absolute atomic E-state index is 13.4. The fourth-order valence-corrected chi connectivity index (χ4v) is 8.81. The second-order valence-electron chi connectivity index (χ2n) is 14.7. The van der Waals surface area contributed by atoms with Crippen molar-refractivity contribution in [1.29, 1.82) is 0 Å². The Hall–Kier alpha value is -4.12. The molecule has 0 bridgehead atoms. The topological polar surface area (TPSA) is 6.25 Å². The average Bonchev–Trinajstić information content (AvgIpc) is 3.44. The minimum absolute atomic E-state index is 0.000866. The third kappa shape index (κ3) is 5.49. The van der Waals surface area contributed by atoms with E-state index in [0.717, 1.165) is 31.4 Å². The normalized spacial score (nSPS) is 21.3. The first-order valence-electron chi connectivity index (χ1n) is 17.6. The summed E-state index contributed by atoms with van der Waals surface area (Å²) in [6.07, 6.45) is 10.2. The highest BCUT2D eigenvalue weighted by molar-refractivity contribution is 6.07. The van der Waals surface area contributed by atoms with Crippen molar-refractivity contribution in [3.05, 3.63) is 131 Å². The maximum atomic E-state index is 13.4. The Morgan fingerprint density at radius 3 is 2.29 bits per heavy atom. The van der Waals surface area contributed by atoms with Crippen LogP contribution in [0.25, 0.3) is 10.8 Å². The first-order valence-corrected chi connectivity index (χ1v) is 17.6. The number of anilines is 1. The molecule has 1 unspecified atom stereocenters. The van der Waals surface area contributed by atoms with Gasteiger partial charge in [0.1, 0.15) is 7.05 Å². The van der Waals surface area contributed by atoms with Crippen LogP contribution in [0, 0.1) is 5.92 Å². The van der Waals surface area contributed by atoms with E-state index >= 15 is 0 Å². The number of halogens is 3.